The van der Waals surface area contributed by atoms with Crippen molar-refractivity contribution in [3.05, 3.63) is 54.1 Å². The number of imidazole rings is 1. The van der Waals surface area contributed by atoms with Gasteiger partial charge in [-0.1, -0.05) is 12.1 Å². The summed E-state index contributed by atoms with van der Waals surface area (Å²) >= 11 is 0. The number of benzene rings is 1. The van der Waals surface area contributed by atoms with Crippen LogP contribution in [-0.2, 0) is 10.3 Å². The van der Waals surface area contributed by atoms with E-state index in [9.17, 15) is 0 Å². The largest absolute Gasteiger partial charge is 0.493 e. The fourth-order valence-corrected chi connectivity index (χ4v) is 3.32. The molecule has 0 spiro atoms. The minimum absolute atomic E-state index is 0.571. The molecule has 1 unspecified atom stereocenters. The van der Waals surface area contributed by atoms with Gasteiger partial charge in [-0.2, -0.15) is 0 Å². The van der Waals surface area contributed by atoms with Gasteiger partial charge in [0.2, 0.25) is 5.78 Å². The smallest absolute Gasteiger partial charge is 0.234 e. The normalized spacial score (nSPS) is 20.6. The third-order valence-corrected chi connectivity index (χ3v) is 4.51. The van der Waals surface area contributed by atoms with Gasteiger partial charge in [-0.3, -0.25) is 4.40 Å². The van der Waals surface area contributed by atoms with Gasteiger partial charge >= 0.3 is 0 Å². The summed E-state index contributed by atoms with van der Waals surface area (Å²) in [5, 5.41) is 3.41. The minimum atomic E-state index is -0.772. The Morgan fingerprint density at radius 2 is 2.12 bits per heavy atom. The number of rotatable bonds is 4. The lowest BCUT2D eigenvalue weighted by Crippen LogP contribution is -2.49. The van der Waals surface area contributed by atoms with Gasteiger partial charge in [0.15, 0.2) is 17.1 Å². The maximum Gasteiger partial charge on any atom is 0.234 e. The zero-order valence-corrected chi connectivity index (χ0v) is 14.2. The van der Waals surface area contributed by atoms with Gasteiger partial charge in [0.25, 0.3) is 0 Å². The van der Waals surface area contributed by atoms with E-state index in [4.69, 9.17) is 19.2 Å². The molecule has 1 atom stereocenters. The van der Waals surface area contributed by atoms with Crippen LogP contribution in [0.5, 0.6) is 11.5 Å². The van der Waals surface area contributed by atoms with Crippen LogP contribution in [0.3, 0.4) is 0 Å². The Labute approximate surface area is 145 Å². The molecule has 25 heavy (non-hydrogen) atoms. The Morgan fingerprint density at radius 3 is 2.88 bits per heavy atom. The van der Waals surface area contributed by atoms with Gasteiger partial charge in [-0.05, 0) is 12.1 Å². The van der Waals surface area contributed by atoms with E-state index in [0.29, 0.717) is 30.4 Å². The van der Waals surface area contributed by atoms with Crippen molar-refractivity contribution in [3.63, 3.8) is 0 Å². The van der Waals surface area contributed by atoms with E-state index in [-0.39, 0.29) is 0 Å². The molecule has 7 nitrogen and oxygen atoms in total. The molecular formula is C18H20N4O3. The molecular weight excluding hydrogens is 320 g/mol. The molecule has 0 radical (unpaired) electrons. The topological polar surface area (TPSA) is 69.9 Å². The van der Waals surface area contributed by atoms with Gasteiger partial charge in [0.05, 0.1) is 26.5 Å². The van der Waals surface area contributed by atoms with Crippen molar-refractivity contribution < 1.29 is 14.2 Å². The maximum absolute atomic E-state index is 6.31. The number of fused-ring (bicyclic) bond motifs is 1. The quantitative estimate of drug-likeness (QED) is 0.778. The van der Waals surface area contributed by atoms with Crippen LogP contribution in [0.15, 0.2) is 42.9 Å². The lowest BCUT2D eigenvalue weighted by atomic mass is 9.87. The highest BCUT2D eigenvalue weighted by molar-refractivity contribution is 5.53. The molecule has 3 heterocycles. The van der Waals surface area contributed by atoms with Gasteiger partial charge < -0.3 is 19.5 Å². The average molecular weight is 340 g/mol. The summed E-state index contributed by atoms with van der Waals surface area (Å²) in [4.78, 5) is 9.02. The summed E-state index contributed by atoms with van der Waals surface area (Å²) in [6, 6.07) is 7.76. The van der Waals surface area contributed by atoms with E-state index in [1.165, 1.54) is 0 Å². The van der Waals surface area contributed by atoms with Crippen LogP contribution < -0.4 is 14.8 Å². The monoisotopic (exact) mass is 340 g/mol. The van der Waals surface area contributed by atoms with Crippen molar-refractivity contribution in [2.24, 2.45) is 0 Å². The van der Waals surface area contributed by atoms with E-state index in [1.807, 2.05) is 41.1 Å². The van der Waals surface area contributed by atoms with Crippen molar-refractivity contribution in [1.82, 2.24) is 19.7 Å². The standard InChI is InChI=1S/C18H20N4O3/c1-23-14-5-3-4-13(16(14)24-2)18(12-19-8-11-25-18)15-6-9-22-10-7-20-17(22)21-15/h3-7,9-10,19H,8,11-12H2,1-2H3. The highest BCUT2D eigenvalue weighted by Crippen LogP contribution is 2.43. The SMILES string of the molecule is COc1cccc(C2(c3ccn4ccnc4n3)CNCCO2)c1OC. The molecule has 7 heteroatoms. The number of ether oxygens (including phenoxy) is 3. The fourth-order valence-electron chi connectivity index (χ4n) is 3.32. The van der Waals surface area contributed by atoms with Gasteiger partial charge in [0, 0.05) is 37.2 Å². The van der Waals surface area contributed by atoms with Crippen molar-refractivity contribution in [1.29, 1.82) is 0 Å². The minimum Gasteiger partial charge on any atom is -0.493 e. The molecule has 4 rings (SSSR count). The maximum atomic E-state index is 6.31. The lowest BCUT2D eigenvalue weighted by Gasteiger charge is -2.38. The van der Waals surface area contributed by atoms with Crippen molar-refractivity contribution in [2.75, 3.05) is 33.9 Å². The molecule has 0 saturated carbocycles. The first-order chi connectivity index (χ1) is 12.3. The molecule has 2 aromatic heterocycles. The van der Waals surface area contributed by atoms with Crippen LogP contribution in [0.2, 0.25) is 0 Å². The van der Waals surface area contributed by atoms with Crippen LogP contribution in [0.25, 0.3) is 5.78 Å². The second-order valence-corrected chi connectivity index (χ2v) is 5.84. The van der Waals surface area contributed by atoms with Crippen molar-refractivity contribution in [2.45, 2.75) is 5.60 Å². The van der Waals surface area contributed by atoms with Crippen LogP contribution in [-0.4, -0.2) is 48.3 Å². The number of para-hydroxylation sites is 1. The number of morpholine rings is 1. The molecule has 0 amide bonds. The first kappa shape index (κ1) is 15.9. The first-order valence-electron chi connectivity index (χ1n) is 8.15. The highest BCUT2D eigenvalue weighted by Gasteiger charge is 2.42. The number of hydrogen-bond acceptors (Lipinski definition) is 6. The second kappa shape index (κ2) is 6.34. The molecule has 130 valence electrons. The number of nitrogens with one attached hydrogen (secondary N) is 1. The third-order valence-electron chi connectivity index (χ3n) is 4.51. The Morgan fingerprint density at radius 1 is 1.20 bits per heavy atom. The Kier molecular flexibility index (Phi) is 4.03. The summed E-state index contributed by atoms with van der Waals surface area (Å²) in [6.45, 7) is 1.95. The molecule has 1 aromatic carbocycles. The molecule has 0 aliphatic carbocycles. The molecule has 1 aliphatic rings. The predicted octanol–water partition coefficient (Wildman–Crippen LogP) is 1.61. The first-order valence-corrected chi connectivity index (χ1v) is 8.15. The van der Waals surface area contributed by atoms with Crippen molar-refractivity contribution in [3.8, 4) is 11.5 Å². The molecule has 1 aliphatic heterocycles. The van der Waals surface area contributed by atoms with E-state index in [0.717, 1.165) is 17.8 Å². The van der Waals surface area contributed by atoms with Crippen molar-refractivity contribution >= 4 is 5.78 Å². The summed E-state index contributed by atoms with van der Waals surface area (Å²) in [5.74, 6) is 1.95. The highest BCUT2D eigenvalue weighted by atomic mass is 16.5. The fraction of sp³-hybridized carbons (Fsp3) is 0.333. The summed E-state index contributed by atoms with van der Waals surface area (Å²) < 4.78 is 19.3. The Hall–Kier alpha value is -2.64. The number of nitrogens with zero attached hydrogens (tertiary/aromatic N) is 3. The molecule has 1 N–H and O–H groups in total. The molecule has 1 saturated heterocycles. The van der Waals surface area contributed by atoms with Crippen LogP contribution in [0, 0.1) is 0 Å². The van der Waals surface area contributed by atoms with Crippen LogP contribution in [0.4, 0.5) is 0 Å². The Bertz CT molecular complexity index is 887. The van der Waals surface area contributed by atoms with Crippen LogP contribution in [0.1, 0.15) is 11.3 Å². The van der Waals surface area contributed by atoms with E-state index in [1.54, 1.807) is 20.4 Å². The van der Waals surface area contributed by atoms with E-state index < -0.39 is 5.60 Å². The summed E-state index contributed by atoms with van der Waals surface area (Å²) in [5.41, 5.74) is 0.890. The summed E-state index contributed by atoms with van der Waals surface area (Å²) in [6.07, 6.45) is 5.53. The zero-order chi connectivity index (χ0) is 17.3. The number of aromatic nitrogens is 3. The predicted molar refractivity (Wildman–Crippen MR) is 92.1 cm³/mol. The zero-order valence-electron chi connectivity index (χ0n) is 14.2. The van der Waals surface area contributed by atoms with E-state index in [2.05, 4.69) is 10.3 Å². The van der Waals surface area contributed by atoms with Gasteiger partial charge in [-0.25, -0.2) is 9.97 Å². The lowest BCUT2D eigenvalue weighted by molar-refractivity contribution is -0.0445. The number of methoxy groups -OCH3 is 2. The average Bonchev–Trinajstić information content (AvgIpc) is 3.15. The molecule has 0 bridgehead atoms. The van der Waals surface area contributed by atoms with Crippen LogP contribution >= 0.6 is 0 Å². The second-order valence-electron chi connectivity index (χ2n) is 5.84. The number of hydrogen-bond donors (Lipinski definition) is 1. The molecule has 3 aromatic rings. The van der Waals surface area contributed by atoms with E-state index >= 15 is 0 Å². The van der Waals surface area contributed by atoms with Gasteiger partial charge in [0.1, 0.15) is 0 Å². The van der Waals surface area contributed by atoms with Gasteiger partial charge in [-0.15, -0.1) is 0 Å². The third kappa shape index (κ3) is 2.52. The molecule has 1 fully saturated rings. The summed E-state index contributed by atoms with van der Waals surface area (Å²) in [7, 11) is 3.26. The Balaban J connectivity index is 1.94.